The fourth-order valence-electron chi connectivity index (χ4n) is 2.69. The molecule has 1 aliphatic carbocycles. The van der Waals surface area contributed by atoms with Crippen LogP contribution in [0.3, 0.4) is 0 Å². The van der Waals surface area contributed by atoms with E-state index in [4.69, 9.17) is 4.74 Å². The van der Waals surface area contributed by atoms with Crippen molar-refractivity contribution in [3.05, 3.63) is 35.4 Å². The van der Waals surface area contributed by atoms with Crippen LogP contribution in [0.4, 0.5) is 0 Å². The summed E-state index contributed by atoms with van der Waals surface area (Å²) in [6.45, 7) is 4.72. The van der Waals surface area contributed by atoms with Gasteiger partial charge in [0.1, 0.15) is 6.29 Å². The molecule has 0 spiro atoms. The average molecular weight is 245 g/mol. The van der Waals surface area contributed by atoms with Gasteiger partial charge < -0.3 is 9.53 Å². The average Bonchev–Trinajstić information content (AvgIpc) is 3.20. The highest BCUT2D eigenvalue weighted by Crippen LogP contribution is 2.45. The van der Waals surface area contributed by atoms with E-state index in [1.807, 2.05) is 0 Å². The van der Waals surface area contributed by atoms with Gasteiger partial charge in [0, 0.05) is 25.6 Å². The van der Waals surface area contributed by atoms with E-state index >= 15 is 0 Å². The standard InChI is InChI=1S/C15H19NO2/c17-11-14-9-15(14)13-3-1-2-12(8-13)10-16-4-6-18-7-5-16/h1-3,8,11,14-15H,4-7,9-10H2. The third kappa shape index (κ3) is 2.62. The molecule has 3 heteroatoms. The number of aldehydes is 1. The SMILES string of the molecule is O=CC1CC1c1cccc(CN2CCOCC2)c1. The molecule has 2 aliphatic rings. The van der Waals surface area contributed by atoms with Crippen LogP contribution in [-0.4, -0.2) is 37.5 Å². The molecule has 1 aromatic rings. The van der Waals surface area contributed by atoms with E-state index in [2.05, 4.69) is 29.2 Å². The summed E-state index contributed by atoms with van der Waals surface area (Å²) in [5.41, 5.74) is 2.68. The fraction of sp³-hybridized carbons (Fsp3) is 0.533. The lowest BCUT2D eigenvalue weighted by Crippen LogP contribution is -2.35. The zero-order valence-electron chi connectivity index (χ0n) is 10.5. The minimum absolute atomic E-state index is 0.267. The summed E-state index contributed by atoms with van der Waals surface area (Å²) in [6.07, 6.45) is 2.13. The van der Waals surface area contributed by atoms with Crippen molar-refractivity contribution in [3.63, 3.8) is 0 Å². The number of hydrogen-bond acceptors (Lipinski definition) is 3. The third-order valence-corrected chi connectivity index (χ3v) is 3.90. The van der Waals surface area contributed by atoms with Crippen molar-refractivity contribution in [2.45, 2.75) is 18.9 Å². The topological polar surface area (TPSA) is 29.5 Å². The Morgan fingerprint density at radius 3 is 2.89 bits per heavy atom. The summed E-state index contributed by atoms with van der Waals surface area (Å²) in [4.78, 5) is 13.2. The predicted octanol–water partition coefficient (Wildman–Crippen LogP) is 1.82. The third-order valence-electron chi connectivity index (χ3n) is 3.90. The van der Waals surface area contributed by atoms with Crippen LogP contribution in [-0.2, 0) is 16.1 Å². The molecule has 0 aromatic heterocycles. The molecule has 18 heavy (non-hydrogen) atoms. The summed E-state index contributed by atoms with van der Waals surface area (Å²) in [7, 11) is 0. The Hall–Kier alpha value is -1.19. The lowest BCUT2D eigenvalue weighted by molar-refractivity contribution is -0.108. The van der Waals surface area contributed by atoms with Gasteiger partial charge in [0.25, 0.3) is 0 Å². The Kier molecular flexibility index (Phi) is 3.43. The minimum Gasteiger partial charge on any atom is -0.379 e. The van der Waals surface area contributed by atoms with Crippen molar-refractivity contribution in [2.75, 3.05) is 26.3 Å². The molecular weight excluding hydrogens is 226 g/mol. The molecule has 1 aromatic carbocycles. The van der Waals surface area contributed by atoms with Crippen LogP contribution in [0.5, 0.6) is 0 Å². The maximum atomic E-state index is 10.7. The van der Waals surface area contributed by atoms with Crippen molar-refractivity contribution in [1.82, 2.24) is 4.90 Å². The van der Waals surface area contributed by atoms with E-state index < -0.39 is 0 Å². The van der Waals surface area contributed by atoms with Gasteiger partial charge in [0.2, 0.25) is 0 Å². The van der Waals surface area contributed by atoms with Crippen molar-refractivity contribution in [3.8, 4) is 0 Å². The van der Waals surface area contributed by atoms with E-state index in [0.717, 1.165) is 45.6 Å². The first kappa shape index (κ1) is 11.9. The molecule has 1 saturated heterocycles. The number of hydrogen-bond donors (Lipinski definition) is 0. The van der Waals surface area contributed by atoms with Crippen LogP contribution in [0.15, 0.2) is 24.3 Å². The smallest absolute Gasteiger partial charge is 0.123 e. The first-order valence-electron chi connectivity index (χ1n) is 6.71. The summed E-state index contributed by atoms with van der Waals surface area (Å²) < 4.78 is 5.36. The van der Waals surface area contributed by atoms with Gasteiger partial charge in [-0.25, -0.2) is 0 Å². The van der Waals surface area contributed by atoms with Gasteiger partial charge in [-0.1, -0.05) is 24.3 Å². The Balaban J connectivity index is 1.65. The Morgan fingerprint density at radius 1 is 1.33 bits per heavy atom. The van der Waals surface area contributed by atoms with Crippen LogP contribution in [0, 0.1) is 5.92 Å². The molecule has 2 atom stereocenters. The molecule has 0 N–H and O–H groups in total. The van der Waals surface area contributed by atoms with Crippen molar-refractivity contribution >= 4 is 6.29 Å². The van der Waals surface area contributed by atoms with Gasteiger partial charge in [0.15, 0.2) is 0 Å². The molecule has 96 valence electrons. The first-order valence-corrected chi connectivity index (χ1v) is 6.71. The quantitative estimate of drug-likeness (QED) is 0.758. The lowest BCUT2D eigenvalue weighted by atomic mass is 10.1. The van der Waals surface area contributed by atoms with E-state index in [1.165, 1.54) is 11.1 Å². The Bertz CT molecular complexity index is 426. The van der Waals surface area contributed by atoms with E-state index in [1.54, 1.807) is 0 Å². The summed E-state index contributed by atoms with van der Waals surface area (Å²) in [5, 5.41) is 0. The van der Waals surface area contributed by atoms with E-state index in [-0.39, 0.29) is 5.92 Å². The van der Waals surface area contributed by atoms with E-state index in [9.17, 15) is 4.79 Å². The van der Waals surface area contributed by atoms with Gasteiger partial charge in [-0.05, 0) is 23.5 Å². The predicted molar refractivity (Wildman–Crippen MR) is 69.5 cm³/mol. The highest BCUT2D eigenvalue weighted by atomic mass is 16.5. The number of nitrogens with zero attached hydrogens (tertiary/aromatic N) is 1. The highest BCUT2D eigenvalue weighted by Gasteiger charge is 2.37. The molecule has 3 rings (SSSR count). The number of rotatable bonds is 4. The van der Waals surface area contributed by atoms with Gasteiger partial charge in [-0.15, -0.1) is 0 Å². The van der Waals surface area contributed by atoms with Gasteiger partial charge >= 0.3 is 0 Å². The largest absolute Gasteiger partial charge is 0.379 e. The van der Waals surface area contributed by atoms with Gasteiger partial charge in [-0.2, -0.15) is 0 Å². The van der Waals surface area contributed by atoms with Crippen LogP contribution in [0.25, 0.3) is 0 Å². The molecule has 2 fully saturated rings. The number of benzene rings is 1. The second kappa shape index (κ2) is 5.21. The van der Waals surface area contributed by atoms with Gasteiger partial charge in [-0.3, -0.25) is 4.90 Å². The number of morpholine rings is 1. The number of ether oxygens (including phenoxy) is 1. The monoisotopic (exact) mass is 245 g/mol. The number of carbonyl (C=O) groups is 1. The van der Waals surface area contributed by atoms with Crippen molar-refractivity contribution in [1.29, 1.82) is 0 Å². The van der Waals surface area contributed by atoms with Crippen LogP contribution < -0.4 is 0 Å². The van der Waals surface area contributed by atoms with Crippen molar-refractivity contribution < 1.29 is 9.53 Å². The molecule has 2 unspecified atom stereocenters. The molecule has 0 bridgehead atoms. The molecular formula is C15H19NO2. The van der Waals surface area contributed by atoms with Gasteiger partial charge in [0.05, 0.1) is 13.2 Å². The Morgan fingerprint density at radius 2 is 2.17 bits per heavy atom. The first-order chi connectivity index (χ1) is 8.86. The second-order valence-electron chi connectivity index (χ2n) is 5.28. The maximum Gasteiger partial charge on any atom is 0.123 e. The number of carbonyl (C=O) groups excluding carboxylic acids is 1. The molecule has 1 heterocycles. The minimum atomic E-state index is 0.267. The lowest BCUT2D eigenvalue weighted by Gasteiger charge is -2.26. The summed E-state index contributed by atoms with van der Waals surface area (Å²) >= 11 is 0. The normalized spacial score (nSPS) is 28.0. The zero-order chi connectivity index (χ0) is 12.4. The Labute approximate surface area is 108 Å². The molecule has 1 saturated carbocycles. The molecule has 0 amide bonds. The van der Waals surface area contributed by atoms with E-state index in [0.29, 0.717) is 5.92 Å². The molecule has 3 nitrogen and oxygen atoms in total. The summed E-state index contributed by atoms with van der Waals surface area (Å²) in [6, 6.07) is 8.71. The maximum absolute atomic E-state index is 10.7. The zero-order valence-corrected chi connectivity index (χ0v) is 10.5. The van der Waals surface area contributed by atoms with Crippen LogP contribution in [0.2, 0.25) is 0 Å². The highest BCUT2D eigenvalue weighted by molar-refractivity contribution is 5.61. The second-order valence-corrected chi connectivity index (χ2v) is 5.28. The summed E-state index contributed by atoms with van der Waals surface area (Å²) in [5.74, 6) is 0.746. The van der Waals surface area contributed by atoms with Crippen LogP contribution in [0.1, 0.15) is 23.5 Å². The fourth-order valence-corrected chi connectivity index (χ4v) is 2.69. The molecule has 0 radical (unpaired) electrons. The van der Waals surface area contributed by atoms with Crippen LogP contribution >= 0.6 is 0 Å². The molecule has 1 aliphatic heterocycles. The van der Waals surface area contributed by atoms with Crippen molar-refractivity contribution in [2.24, 2.45) is 5.92 Å².